The van der Waals surface area contributed by atoms with Crippen LogP contribution in [0.3, 0.4) is 0 Å². The van der Waals surface area contributed by atoms with E-state index < -0.39 is 5.60 Å². The summed E-state index contributed by atoms with van der Waals surface area (Å²) < 4.78 is 16.5. The third kappa shape index (κ3) is 8.04. The third-order valence-corrected chi connectivity index (χ3v) is 7.14. The summed E-state index contributed by atoms with van der Waals surface area (Å²) >= 11 is 0. The lowest BCUT2D eigenvalue weighted by molar-refractivity contribution is 0.0286. The Hall–Kier alpha value is -3.50. The number of carbonyl (C=O) groups is 1. The Bertz CT molecular complexity index is 1320. The van der Waals surface area contributed by atoms with Crippen molar-refractivity contribution in [2.24, 2.45) is 0 Å². The first-order valence-corrected chi connectivity index (χ1v) is 14.3. The smallest absolute Gasteiger partial charge is 0.410 e. The molecule has 1 aromatic carbocycles. The van der Waals surface area contributed by atoms with Crippen LogP contribution in [0.2, 0.25) is 0 Å². The SMILES string of the molecule is Cc1noc(C)c1-c1nc(-c2cccc(CN(C)CCN(C)C(=O)OC(C)(C)C)c2)nc(NC2CCOCC2)c1C. The minimum Gasteiger partial charge on any atom is -0.444 e. The van der Waals surface area contributed by atoms with Gasteiger partial charge in [0.25, 0.3) is 0 Å². The molecule has 3 heterocycles. The maximum Gasteiger partial charge on any atom is 0.410 e. The molecule has 10 heteroatoms. The third-order valence-electron chi connectivity index (χ3n) is 7.14. The van der Waals surface area contributed by atoms with Crippen LogP contribution in [-0.2, 0) is 16.0 Å². The first-order chi connectivity index (χ1) is 19.4. The van der Waals surface area contributed by atoms with E-state index in [9.17, 15) is 4.79 Å². The topological polar surface area (TPSA) is 106 Å². The number of aryl methyl sites for hydroxylation is 2. The van der Waals surface area contributed by atoms with E-state index in [1.807, 2.05) is 60.7 Å². The highest BCUT2D eigenvalue weighted by molar-refractivity contribution is 5.74. The number of ether oxygens (including phenoxy) is 2. The molecule has 0 atom stereocenters. The highest BCUT2D eigenvalue weighted by Crippen LogP contribution is 2.34. The van der Waals surface area contributed by atoms with Gasteiger partial charge in [-0.2, -0.15) is 0 Å². The lowest BCUT2D eigenvalue weighted by atomic mass is 10.0. The predicted octanol–water partition coefficient (Wildman–Crippen LogP) is 5.61. The molecule has 1 aliphatic rings. The van der Waals surface area contributed by atoms with E-state index in [-0.39, 0.29) is 6.09 Å². The average Bonchev–Trinajstić information content (AvgIpc) is 3.25. The molecule has 0 spiro atoms. The van der Waals surface area contributed by atoms with Gasteiger partial charge in [0.15, 0.2) is 5.82 Å². The van der Waals surface area contributed by atoms with Crippen LogP contribution in [-0.4, -0.2) is 83.1 Å². The molecule has 1 amide bonds. The molecule has 222 valence electrons. The molecule has 0 saturated carbocycles. The number of amides is 1. The molecule has 1 saturated heterocycles. The lowest BCUT2D eigenvalue weighted by Gasteiger charge is -2.26. The molecular formula is C31H44N6O4. The number of nitrogens with zero attached hydrogens (tertiary/aromatic N) is 5. The number of hydrogen-bond donors (Lipinski definition) is 1. The minimum absolute atomic E-state index is 0.293. The van der Waals surface area contributed by atoms with Crippen molar-refractivity contribution in [3.05, 3.63) is 46.8 Å². The van der Waals surface area contributed by atoms with Crippen molar-refractivity contribution in [3.63, 3.8) is 0 Å². The molecule has 1 aliphatic heterocycles. The number of nitrogens with one attached hydrogen (secondary N) is 1. The van der Waals surface area contributed by atoms with Crippen molar-refractivity contribution in [2.75, 3.05) is 45.7 Å². The second kappa shape index (κ2) is 13.0. The van der Waals surface area contributed by atoms with E-state index in [0.717, 1.165) is 71.3 Å². The van der Waals surface area contributed by atoms with Gasteiger partial charge < -0.3 is 29.1 Å². The monoisotopic (exact) mass is 564 g/mol. The normalized spacial score (nSPS) is 14.4. The summed E-state index contributed by atoms with van der Waals surface area (Å²) in [4.78, 5) is 26.2. The van der Waals surface area contributed by atoms with Crippen LogP contribution in [0.25, 0.3) is 22.6 Å². The highest BCUT2D eigenvalue weighted by Gasteiger charge is 2.23. The van der Waals surface area contributed by atoms with E-state index in [4.69, 9.17) is 24.0 Å². The Balaban J connectivity index is 1.56. The van der Waals surface area contributed by atoms with Crippen LogP contribution in [0.15, 0.2) is 28.8 Å². The number of anilines is 1. The molecular weight excluding hydrogens is 520 g/mol. The van der Waals surface area contributed by atoms with Crippen molar-refractivity contribution in [1.29, 1.82) is 0 Å². The zero-order valence-electron chi connectivity index (χ0n) is 25.7. The van der Waals surface area contributed by atoms with Crippen molar-refractivity contribution in [1.82, 2.24) is 24.9 Å². The van der Waals surface area contributed by atoms with Gasteiger partial charge in [0.2, 0.25) is 0 Å². The van der Waals surface area contributed by atoms with Crippen molar-refractivity contribution < 1.29 is 18.8 Å². The van der Waals surface area contributed by atoms with E-state index >= 15 is 0 Å². The van der Waals surface area contributed by atoms with E-state index in [0.29, 0.717) is 31.5 Å². The number of rotatable bonds is 9. The summed E-state index contributed by atoms with van der Waals surface area (Å²) in [5.74, 6) is 2.21. The average molecular weight is 565 g/mol. The zero-order chi connectivity index (χ0) is 29.7. The largest absolute Gasteiger partial charge is 0.444 e. The molecule has 0 unspecified atom stereocenters. The van der Waals surface area contributed by atoms with Gasteiger partial charge in [0.05, 0.1) is 17.0 Å². The number of benzene rings is 1. The summed E-state index contributed by atoms with van der Waals surface area (Å²) in [5.41, 5.74) is 5.07. The number of carbonyl (C=O) groups excluding carboxylic acids is 1. The van der Waals surface area contributed by atoms with Gasteiger partial charge in [0.1, 0.15) is 17.2 Å². The number of hydrogen-bond acceptors (Lipinski definition) is 9. The fraction of sp³-hybridized carbons (Fsp3) is 0.548. The van der Waals surface area contributed by atoms with E-state index in [1.165, 1.54) is 0 Å². The lowest BCUT2D eigenvalue weighted by Crippen LogP contribution is -2.38. The Morgan fingerprint density at radius 1 is 1.10 bits per heavy atom. The first-order valence-electron chi connectivity index (χ1n) is 14.3. The van der Waals surface area contributed by atoms with Gasteiger partial charge in [-0.05, 0) is 73.1 Å². The Morgan fingerprint density at radius 3 is 2.49 bits per heavy atom. The van der Waals surface area contributed by atoms with Crippen LogP contribution < -0.4 is 5.32 Å². The fourth-order valence-corrected chi connectivity index (χ4v) is 4.84. The molecule has 1 N–H and O–H groups in total. The fourth-order valence-electron chi connectivity index (χ4n) is 4.84. The van der Waals surface area contributed by atoms with E-state index in [1.54, 1.807) is 11.9 Å². The molecule has 0 aliphatic carbocycles. The first kappa shape index (κ1) is 30.5. The van der Waals surface area contributed by atoms with Gasteiger partial charge in [-0.3, -0.25) is 0 Å². The van der Waals surface area contributed by atoms with Gasteiger partial charge in [-0.1, -0.05) is 23.4 Å². The summed E-state index contributed by atoms with van der Waals surface area (Å²) in [6.07, 6.45) is 1.55. The van der Waals surface area contributed by atoms with Gasteiger partial charge >= 0.3 is 6.09 Å². The van der Waals surface area contributed by atoms with Crippen LogP contribution in [0.1, 0.15) is 56.2 Å². The van der Waals surface area contributed by atoms with Crippen molar-refractivity contribution in [2.45, 2.75) is 72.6 Å². The molecule has 3 aromatic rings. The molecule has 10 nitrogen and oxygen atoms in total. The number of likely N-dealkylation sites (N-methyl/N-ethyl adjacent to an activating group) is 2. The van der Waals surface area contributed by atoms with Crippen LogP contribution in [0.4, 0.5) is 10.6 Å². The number of aromatic nitrogens is 3. The standard InChI is InChI=1S/C31H44N6O4/c1-20-27(26-21(2)35-41-22(26)3)33-29(34-28(20)32-25-12-16-39-17-13-25)24-11-9-10-23(18-24)19-36(7)14-15-37(8)30(38)40-31(4,5)6/h9-11,18,25H,12-17,19H2,1-8H3,(H,32,33,34). The van der Waals surface area contributed by atoms with Crippen LogP contribution in [0.5, 0.6) is 0 Å². The molecule has 41 heavy (non-hydrogen) atoms. The quantitative estimate of drug-likeness (QED) is 0.355. The summed E-state index contributed by atoms with van der Waals surface area (Å²) in [6, 6.07) is 8.60. The van der Waals surface area contributed by atoms with Crippen molar-refractivity contribution >= 4 is 11.9 Å². The summed E-state index contributed by atoms with van der Waals surface area (Å²) in [5, 5.41) is 7.84. The second-order valence-electron chi connectivity index (χ2n) is 11.9. The molecule has 0 bridgehead atoms. The minimum atomic E-state index is -0.513. The van der Waals surface area contributed by atoms with Gasteiger partial charge in [-0.25, -0.2) is 14.8 Å². The second-order valence-corrected chi connectivity index (χ2v) is 11.9. The van der Waals surface area contributed by atoms with Crippen LogP contribution >= 0.6 is 0 Å². The highest BCUT2D eigenvalue weighted by atomic mass is 16.6. The Morgan fingerprint density at radius 2 is 1.83 bits per heavy atom. The van der Waals surface area contributed by atoms with Crippen LogP contribution in [0, 0.1) is 20.8 Å². The zero-order valence-corrected chi connectivity index (χ0v) is 25.7. The maximum absolute atomic E-state index is 12.3. The molecule has 0 radical (unpaired) electrons. The summed E-state index contributed by atoms with van der Waals surface area (Å²) in [7, 11) is 3.81. The van der Waals surface area contributed by atoms with Crippen molar-refractivity contribution in [3.8, 4) is 22.6 Å². The molecule has 4 rings (SSSR count). The Kier molecular flexibility index (Phi) is 9.65. The molecule has 2 aromatic heterocycles. The van der Waals surface area contributed by atoms with E-state index in [2.05, 4.69) is 27.5 Å². The van der Waals surface area contributed by atoms with Gasteiger partial charge in [-0.15, -0.1) is 0 Å². The van der Waals surface area contributed by atoms with Gasteiger partial charge in [0, 0.05) is 57.1 Å². The predicted molar refractivity (Wildman–Crippen MR) is 160 cm³/mol. The summed E-state index contributed by atoms with van der Waals surface area (Å²) in [6.45, 7) is 15.0. The maximum atomic E-state index is 12.3. The molecule has 1 fully saturated rings. The Labute approximate surface area is 243 Å².